The summed E-state index contributed by atoms with van der Waals surface area (Å²) < 4.78 is 0. The van der Waals surface area contributed by atoms with E-state index in [0.29, 0.717) is 11.4 Å². The summed E-state index contributed by atoms with van der Waals surface area (Å²) in [6.45, 7) is 5.68. The molecule has 6 heteroatoms. The fourth-order valence-electron chi connectivity index (χ4n) is 2.22. The first kappa shape index (κ1) is 19.8. The maximum atomic E-state index is 12.4. The first-order valence-electron chi connectivity index (χ1n) is 8.58. The van der Waals surface area contributed by atoms with Gasteiger partial charge in [0.15, 0.2) is 0 Å². The molecule has 1 atom stereocenters. The number of anilines is 2. The van der Waals surface area contributed by atoms with Crippen molar-refractivity contribution in [3.05, 3.63) is 60.2 Å². The molecule has 1 unspecified atom stereocenters. The van der Waals surface area contributed by atoms with Crippen molar-refractivity contribution < 1.29 is 9.59 Å². The van der Waals surface area contributed by atoms with E-state index < -0.39 is 0 Å². The van der Waals surface area contributed by atoms with Gasteiger partial charge in [-0.05, 0) is 44.5 Å². The summed E-state index contributed by atoms with van der Waals surface area (Å²) in [6.07, 6.45) is 0. The van der Waals surface area contributed by atoms with E-state index in [0.717, 1.165) is 5.75 Å². The molecule has 2 aromatic carbocycles. The van der Waals surface area contributed by atoms with Gasteiger partial charge < -0.3 is 16.0 Å². The Labute approximate surface area is 159 Å². The van der Waals surface area contributed by atoms with Gasteiger partial charge in [-0.2, -0.15) is 0 Å². The summed E-state index contributed by atoms with van der Waals surface area (Å²) >= 11 is 1.59. The second kappa shape index (κ2) is 9.87. The standard InChI is InChI=1S/C20H25N3O2S/c1-14(2)21-20(25)23-18-11-7-10-17(12-18)22-19(24)15(3)26-13-16-8-5-4-6-9-16/h4-12,14-15H,13H2,1-3H3,(H,22,24)(H2,21,23,25). The molecule has 138 valence electrons. The molecule has 0 aliphatic carbocycles. The van der Waals surface area contributed by atoms with Crippen molar-refractivity contribution in [2.75, 3.05) is 10.6 Å². The fourth-order valence-corrected chi connectivity index (χ4v) is 3.06. The van der Waals surface area contributed by atoms with Crippen LogP contribution in [0.25, 0.3) is 0 Å². The van der Waals surface area contributed by atoms with Crippen LogP contribution in [0.3, 0.4) is 0 Å². The van der Waals surface area contributed by atoms with Crippen molar-refractivity contribution in [3.63, 3.8) is 0 Å². The highest BCUT2D eigenvalue weighted by Crippen LogP contribution is 2.20. The highest BCUT2D eigenvalue weighted by atomic mass is 32.2. The zero-order chi connectivity index (χ0) is 18.9. The summed E-state index contributed by atoms with van der Waals surface area (Å²) in [4.78, 5) is 24.2. The number of nitrogens with one attached hydrogen (secondary N) is 3. The largest absolute Gasteiger partial charge is 0.336 e. The molecule has 0 spiro atoms. The maximum Gasteiger partial charge on any atom is 0.319 e. The van der Waals surface area contributed by atoms with Crippen LogP contribution < -0.4 is 16.0 Å². The molecular weight excluding hydrogens is 346 g/mol. The third-order valence-corrected chi connectivity index (χ3v) is 4.73. The van der Waals surface area contributed by atoms with Crippen molar-refractivity contribution >= 4 is 35.1 Å². The van der Waals surface area contributed by atoms with Crippen LogP contribution in [0.15, 0.2) is 54.6 Å². The Morgan fingerprint density at radius 3 is 2.23 bits per heavy atom. The number of carbonyl (C=O) groups is 2. The summed E-state index contributed by atoms with van der Waals surface area (Å²) in [5, 5.41) is 8.23. The number of benzene rings is 2. The molecule has 3 N–H and O–H groups in total. The van der Waals surface area contributed by atoms with Crippen LogP contribution in [0.1, 0.15) is 26.3 Å². The quantitative estimate of drug-likeness (QED) is 0.672. The van der Waals surface area contributed by atoms with Crippen LogP contribution in [0.2, 0.25) is 0 Å². The van der Waals surface area contributed by atoms with Crippen molar-refractivity contribution in [2.24, 2.45) is 0 Å². The molecule has 2 aromatic rings. The van der Waals surface area contributed by atoms with Gasteiger partial charge >= 0.3 is 6.03 Å². The molecule has 0 heterocycles. The van der Waals surface area contributed by atoms with Crippen LogP contribution in [0.4, 0.5) is 16.2 Å². The summed E-state index contributed by atoms with van der Waals surface area (Å²) in [5.74, 6) is 0.724. The average molecular weight is 372 g/mol. The second-order valence-electron chi connectivity index (χ2n) is 6.26. The third kappa shape index (κ3) is 6.80. The number of hydrogen-bond acceptors (Lipinski definition) is 3. The van der Waals surface area contributed by atoms with E-state index in [1.807, 2.05) is 39.0 Å². The number of thioether (sulfide) groups is 1. The van der Waals surface area contributed by atoms with E-state index in [2.05, 4.69) is 28.1 Å². The molecule has 0 saturated carbocycles. The Morgan fingerprint density at radius 2 is 1.58 bits per heavy atom. The van der Waals surface area contributed by atoms with Gasteiger partial charge in [-0.3, -0.25) is 4.79 Å². The van der Waals surface area contributed by atoms with Gasteiger partial charge in [-0.15, -0.1) is 11.8 Å². The van der Waals surface area contributed by atoms with Crippen LogP contribution in [-0.4, -0.2) is 23.2 Å². The molecular formula is C20H25N3O2S. The van der Waals surface area contributed by atoms with Crippen LogP contribution >= 0.6 is 11.8 Å². The van der Waals surface area contributed by atoms with Gasteiger partial charge in [-0.1, -0.05) is 36.4 Å². The Balaban J connectivity index is 1.87. The average Bonchev–Trinajstić information content (AvgIpc) is 2.60. The number of carbonyl (C=O) groups excluding carboxylic acids is 2. The molecule has 0 aromatic heterocycles. The monoisotopic (exact) mass is 371 g/mol. The lowest BCUT2D eigenvalue weighted by molar-refractivity contribution is -0.115. The predicted octanol–water partition coefficient (Wildman–Crippen LogP) is 4.48. The van der Waals surface area contributed by atoms with Gasteiger partial charge in [0.05, 0.1) is 5.25 Å². The van der Waals surface area contributed by atoms with Crippen molar-refractivity contribution in [1.82, 2.24) is 5.32 Å². The second-order valence-corrected chi connectivity index (χ2v) is 7.59. The highest BCUT2D eigenvalue weighted by molar-refractivity contribution is 7.99. The van der Waals surface area contributed by atoms with Crippen LogP contribution in [0, 0.1) is 0 Å². The Hall–Kier alpha value is -2.47. The van der Waals surface area contributed by atoms with Crippen LogP contribution in [-0.2, 0) is 10.5 Å². The van der Waals surface area contributed by atoms with Gasteiger partial charge in [0.25, 0.3) is 0 Å². The SMILES string of the molecule is CC(C)NC(=O)Nc1cccc(NC(=O)C(C)SCc2ccccc2)c1. The normalized spacial score (nSPS) is 11.7. The smallest absolute Gasteiger partial charge is 0.319 e. The molecule has 0 aliphatic heterocycles. The molecule has 0 fully saturated rings. The zero-order valence-electron chi connectivity index (χ0n) is 15.3. The van der Waals surface area contributed by atoms with E-state index >= 15 is 0 Å². The molecule has 2 rings (SSSR count). The number of amides is 3. The highest BCUT2D eigenvalue weighted by Gasteiger charge is 2.14. The summed E-state index contributed by atoms with van der Waals surface area (Å²) in [7, 11) is 0. The van der Waals surface area contributed by atoms with Gasteiger partial charge in [0.1, 0.15) is 0 Å². The molecule has 0 aliphatic rings. The van der Waals surface area contributed by atoms with Crippen molar-refractivity contribution in [1.29, 1.82) is 0 Å². The van der Waals surface area contributed by atoms with E-state index in [-0.39, 0.29) is 23.2 Å². The minimum Gasteiger partial charge on any atom is -0.336 e. The fraction of sp³-hybridized carbons (Fsp3) is 0.300. The molecule has 5 nitrogen and oxygen atoms in total. The molecule has 0 radical (unpaired) electrons. The van der Waals surface area contributed by atoms with Crippen molar-refractivity contribution in [3.8, 4) is 0 Å². The Bertz CT molecular complexity index is 735. The topological polar surface area (TPSA) is 70.2 Å². The molecule has 0 bridgehead atoms. The minimum atomic E-state index is -0.268. The first-order valence-corrected chi connectivity index (χ1v) is 9.63. The van der Waals surface area contributed by atoms with E-state index in [9.17, 15) is 9.59 Å². The zero-order valence-corrected chi connectivity index (χ0v) is 16.1. The number of urea groups is 1. The third-order valence-electron chi connectivity index (χ3n) is 3.52. The van der Waals surface area contributed by atoms with E-state index in [1.54, 1.807) is 36.0 Å². The van der Waals surface area contributed by atoms with Crippen LogP contribution in [0.5, 0.6) is 0 Å². The van der Waals surface area contributed by atoms with Gasteiger partial charge in [0, 0.05) is 23.2 Å². The maximum absolute atomic E-state index is 12.4. The molecule has 3 amide bonds. The van der Waals surface area contributed by atoms with Gasteiger partial charge in [-0.25, -0.2) is 4.79 Å². The van der Waals surface area contributed by atoms with E-state index in [4.69, 9.17) is 0 Å². The molecule has 0 saturated heterocycles. The Kier molecular flexibility index (Phi) is 7.53. The lowest BCUT2D eigenvalue weighted by Gasteiger charge is -2.14. The summed E-state index contributed by atoms with van der Waals surface area (Å²) in [5.41, 5.74) is 2.48. The Morgan fingerprint density at radius 1 is 0.923 bits per heavy atom. The number of rotatable bonds is 7. The first-order chi connectivity index (χ1) is 12.4. The molecule has 26 heavy (non-hydrogen) atoms. The predicted molar refractivity (Wildman–Crippen MR) is 110 cm³/mol. The minimum absolute atomic E-state index is 0.0559. The number of hydrogen-bond donors (Lipinski definition) is 3. The lowest BCUT2D eigenvalue weighted by atomic mass is 10.2. The van der Waals surface area contributed by atoms with Gasteiger partial charge in [0.2, 0.25) is 5.91 Å². The van der Waals surface area contributed by atoms with E-state index in [1.165, 1.54) is 5.56 Å². The summed E-state index contributed by atoms with van der Waals surface area (Å²) in [6, 6.07) is 17.0. The lowest BCUT2D eigenvalue weighted by Crippen LogP contribution is -2.34. The van der Waals surface area contributed by atoms with Crippen molar-refractivity contribution in [2.45, 2.75) is 37.8 Å².